The minimum atomic E-state index is -0.933. The standard InChI is InChI=1S/C18H21N3O2/c1-21-7-3-4-13(12-21)8-16-10-20-17(11-19-16)14-5-2-6-15(9-14)18(22)23/h2,5-6,9-11,13H,3-4,7-8,12H2,1H3,(H,22,23)/t13-/m1/s1. The molecule has 23 heavy (non-hydrogen) atoms. The third kappa shape index (κ3) is 3.93. The Bertz CT molecular complexity index is 685. The second kappa shape index (κ2) is 6.87. The Kier molecular flexibility index (Phi) is 4.67. The van der Waals surface area contributed by atoms with Gasteiger partial charge >= 0.3 is 5.97 Å². The Labute approximate surface area is 136 Å². The van der Waals surface area contributed by atoms with Crippen LogP contribution in [-0.2, 0) is 6.42 Å². The van der Waals surface area contributed by atoms with Crippen LogP contribution in [0.15, 0.2) is 36.7 Å². The van der Waals surface area contributed by atoms with E-state index in [1.165, 1.54) is 19.4 Å². The van der Waals surface area contributed by atoms with Gasteiger partial charge in [-0.15, -0.1) is 0 Å². The van der Waals surface area contributed by atoms with Crippen LogP contribution in [0.5, 0.6) is 0 Å². The first-order chi connectivity index (χ1) is 11.1. The summed E-state index contributed by atoms with van der Waals surface area (Å²) in [5.74, 6) is -0.290. The first-order valence-corrected chi connectivity index (χ1v) is 7.95. The number of hydrogen-bond acceptors (Lipinski definition) is 4. The van der Waals surface area contributed by atoms with Crippen LogP contribution in [0, 0.1) is 5.92 Å². The molecule has 120 valence electrons. The molecule has 0 unspecified atom stereocenters. The van der Waals surface area contributed by atoms with Gasteiger partial charge in [-0.25, -0.2) is 4.79 Å². The van der Waals surface area contributed by atoms with Gasteiger partial charge in [0.2, 0.25) is 0 Å². The van der Waals surface area contributed by atoms with E-state index in [-0.39, 0.29) is 5.56 Å². The maximum Gasteiger partial charge on any atom is 0.335 e. The molecule has 1 N–H and O–H groups in total. The van der Waals surface area contributed by atoms with Crippen LogP contribution in [0.4, 0.5) is 0 Å². The van der Waals surface area contributed by atoms with Crippen LogP contribution >= 0.6 is 0 Å². The summed E-state index contributed by atoms with van der Waals surface area (Å²) in [4.78, 5) is 22.4. The fourth-order valence-electron chi connectivity index (χ4n) is 3.16. The van der Waals surface area contributed by atoms with E-state index in [2.05, 4.69) is 21.9 Å². The highest BCUT2D eigenvalue weighted by Gasteiger charge is 2.18. The van der Waals surface area contributed by atoms with Crippen molar-refractivity contribution in [3.63, 3.8) is 0 Å². The molecular weight excluding hydrogens is 290 g/mol. The maximum atomic E-state index is 11.0. The SMILES string of the molecule is CN1CCC[C@H](Cc2cnc(-c3cccc(C(=O)O)c3)cn2)C1. The van der Waals surface area contributed by atoms with Crippen LogP contribution in [0.2, 0.25) is 0 Å². The molecule has 5 heteroatoms. The Morgan fingerprint density at radius 3 is 2.91 bits per heavy atom. The van der Waals surface area contributed by atoms with Crippen molar-refractivity contribution < 1.29 is 9.90 Å². The molecule has 1 fully saturated rings. The molecule has 1 aliphatic rings. The van der Waals surface area contributed by atoms with Gasteiger partial charge in [0.05, 0.1) is 23.1 Å². The lowest BCUT2D eigenvalue weighted by Gasteiger charge is -2.29. The topological polar surface area (TPSA) is 66.3 Å². The van der Waals surface area contributed by atoms with Crippen molar-refractivity contribution in [2.75, 3.05) is 20.1 Å². The summed E-state index contributed by atoms with van der Waals surface area (Å²) >= 11 is 0. The van der Waals surface area contributed by atoms with Gasteiger partial charge in [-0.3, -0.25) is 9.97 Å². The Morgan fingerprint density at radius 2 is 2.22 bits per heavy atom. The highest BCUT2D eigenvalue weighted by Crippen LogP contribution is 2.21. The third-order valence-corrected chi connectivity index (χ3v) is 4.33. The average Bonchev–Trinajstić information content (AvgIpc) is 2.56. The lowest BCUT2D eigenvalue weighted by Crippen LogP contribution is -2.33. The van der Waals surface area contributed by atoms with Gasteiger partial charge in [0, 0.05) is 18.3 Å². The molecule has 2 aromatic rings. The number of aromatic nitrogens is 2. The van der Waals surface area contributed by atoms with Crippen molar-refractivity contribution in [2.45, 2.75) is 19.3 Å². The molecule has 3 rings (SSSR count). The molecule has 0 aliphatic carbocycles. The number of rotatable bonds is 4. The highest BCUT2D eigenvalue weighted by atomic mass is 16.4. The molecule has 0 amide bonds. The third-order valence-electron chi connectivity index (χ3n) is 4.33. The molecular formula is C18H21N3O2. The zero-order valence-electron chi connectivity index (χ0n) is 13.3. The van der Waals surface area contributed by atoms with E-state index in [1.807, 2.05) is 12.3 Å². The summed E-state index contributed by atoms with van der Waals surface area (Å²) < 4.78 is 0. The van der Waals surface area contributed by atoms with Crippen LogP contribution in [0.1, 0.15) is 28.9 Å². The average molecular weight is 311 g/mol. The first-order valence-electron chi connectivity index (χ1n) is 7.95. The minimum Gasteiger partial charge on any atom is -0.478 e. The number of carbonyl (C=O) groups is 1. The second-order valence-corrected chi connectivity index (χ2v) is 6.25. The van der Waals surface area contributed by atoms with Gasteiger partial charge in [-0.05, 0) is 50.9 Å². The fraction of sp³-hybridized carbons (Fsp3) is 0.389. The van der Waals surface area contributed by atoms with Gasteiger partial charge in [-0.1, -0.05) is 12.1 Å². The number of carboxylic acids is 1. The summed E-state index contributed by atoms with van der Waals surface area (Å²) in [6.45, 7) is 2.30. The molecule has 1 aliphatic heterocycles. The Hall–Kier alpha value is -2.27. The Balaban J connectivity index is 1.72. The molecule has 0 radical (unpaired) electrons. The second-order valence-electron chi connectivity index (χ2n) is 6.25. The van der Waals surface area contributed by atoms with Gasteiger partial charge in [0.25, 0.3) is 0 Å². The number of carboxylic acid groups (broad SMARTS) is 1. The number of benzene rings is 1. The van der Waals surface area contributed by atoms with E-state index in [1.54, 1.807) is 24.4 Å². The zero-order valence-corrected chi connectivity index (χ0v) is 13.3. The zero-order chi connectivity index (χ0) is 16.2. The van der Waals surface area contributed by atoms with Crippen molar-refractivity contribution in [1.82, 2.24) is 14.9 Å². The van der Waals surface area contributed by atoms with Crippen LogP contribution < -0.4 is 0 Å². The van der Waals surface area contributed by atoms with Crippen LogP contribution in [0.3, 0.4) is 0 Å². The predicted octanol–water partition coefficient (Wildman–Crippen LogP) is 2.73. The minimum absolute atomic E-state index is 0.263. The highest BCUT2D eigenvalue weighted by molar-refractivity contribution is 5.89. The number of nitrogens with zero attached hydrogens (tertiary/aromatic N) is 3. The predicted molar refractivity (Wildman–Crippen MR) is 88.4 cm³/mol. The fourth-order valence-corrected chi connectivity index (χ4v) is 3.16. The maximum absolute atomic E-state index is 11.0. The molecule has 0 spiro atoms. The first kappa shape index (κ1) is 15.6. The molecule has 1 aromatic heterocycles. The van der Waals surface area contributed by atoms with Crippen LogP contribution in [-0.4, -0.2) is 46.1 Å². The van der Waals surface area contributed by atoms with E-state index < -0.39 is 5.97 Å². The molecule has 5 nitrogen and oxygen atoms in total. The van der Waals surface area contributed by atoms with E-state index >= 15 is 0 Å². The molecule has 1 aromatic carbocycles. The van der Waals surface area contributed by atoms with Crippen molar-refractivity contribution in [2.24, 2.45) is 5.92 Å². The number of likely N-dealkylation sites (tertiary alicyclic amines) is 1. The normalized spacial score (nSPS) is 18.7. The summed E-state index contributed by atoms with van der Waals surface area (Å²) in [6.07, 6.45) is 7.00. The van der Waals surface area contributed by atoms with Crippen molar-refractivity contribution in [3.8, 4) is 11.3 Å². The van der Waals surface area contributed by atoms with E-state index in [9.17, 15) is 4.79 Å². The van der Waals surface area contributed by atoms with E-state index in [0.29, 0.717) is 11.6 Å². The monoisotopic (exact) mass is 311 g/mol. The molecule has 1 atom stereocenters. The Morgan fingerprint density at radius 1 is 1.35 bits per heavy atom. The van der Waals surface area contributed by atoms with Crippen LogP contribution in [0.25, 0.3) is 11.3 Å². The number of hydrogen-bond donors (Lipinski definition) is 1. The molecule has 0 bridgehead atoms. The number of piperidine rings is 1. The van der Waals surface area contributed by atoms with Crippen molar-refractivity contribution in [3.05, 3.63) is 47.9 Å². The summed E-state index contributed by atoms with van der Waals surface area (Å²) in [6, 6.07) is 6.79. The summed E-state index contributed by atoms with van der Waals surface area (Å²) in [7, 11) is 2.16. The molecule has 2 heterocycles. The number of aromatic carboxylic acids is 1. The molecule has 0 saturated carbocycles. The van der Waals surface area contributed by atoms with E-state index in [4.69, 9.17) is 5.11 Å². The van der Waals surface area contributed by atoms with Gasteiger partial charge in [0.1, 0.15) is 0 Å². The quantitative estimate of drug-likeness (QED) is 0.940. The van der Waals surface area contributed by atoms with Gasteiger partial charge < -0.3 is 10.0 Å². The van der Waals surface area contributed by atoms with Gasteiger partial charge in [-0.2, -0.15) is 0 Å². The summed E-state index contributed by atoms with van der Waals surface area (Å²) in [5.41, 5.74) is 2.75. The molecule has 1 saturated heterocycles. The van der Waals surface area contributed by atoms with Gasteiger partial charge in [0.15, 0.2) is 0 Å². The smallest absolute Gasteiger partial charge is 0.335 e. The van der Waals surface area contributed by atoms with Crippen molar-refractivity contribution >= 4 is 5.97 Å². The largest absolute Gasteiger partial charge is 0.478 e. The van der Waals surface area contributed by atoms with Crippen molar-refractivity contribution in [1.29, 1.82) is 0 Å². The van der Waals surface area contributed by atoms with E-state index in [0.717, 1.165) is 24.2 Å². The lowest BCUT2D eigenvalue weighted by molar-refractivity contribution is 0.0697. The lowest BCUT2D eigenvalue weighted by atomic mass is 9.94. The summed E-state index contributed by atoms with van der Waals surface area (Å²) in [5, 5.41) is 9.06.